The molecule has 4 nitrogen and oxygen atoms in total. The first kappa shape index (κ1) is 13.1. The molecule has 0 saturated carbocycles. The zero-order valence-electron chi connectivity index (χ0n) is 11.1. The number of ether oxygens (including phenoxy) is 2. The summed E-state index contributed by atoms with van der Waals surface area (Å²) in [5.41, 5.74) is 1.31. The predicted octanol–water partition coefficient (Wildman–Crippen LogP) is 1.24. The van der Waals surface area contributed by atoms with E-state index in [-0.39, 0.29) is 12.5 Å². The van der Waals surface area contributed by atoms with Gasteiger partial charge >= 0.3 is 0 Å². The van der Waals surface area contributed by atoms with E-state index in [1.807, 2.05) is 6.07 Å². The molecule has 4 heteroatoms. The highest BCUT2D eigenvalue weighted by Gasteiger charge is 2.47. The van der Waals surface area contributed by atoms with Crippen LogP contribution in [0.1, 0.15) is 12.0 Å². The molecule has 0 bridgehead atoms. The van der Waals surface area contributed by atoms with Gasteiger partial charge in [-0.05, 0) is 5.56 Å². The number of nitrogens with zero attached hydrogens (tertiary/aromatic N) is 1. The SMILES string of the molecule is OCC1CN(Cc2ccccc2)CCC12OCCO2. The van der Waals surface area contributed by atoms with E-state index in [2.05, 4.69) is 29.2 Å². The molecule has 0 radical (unpaired) electrons. The van der Waals surface area contributed by atoms with E-state index in [0.717, 1.165) is 26.1 Å². The van der Waals surface area contributed by atoms with Crippen LogP contribution >= 0.6 is 0 Å². The number of hydrogen-bond donors (Lipinski definition) is 1. The quantitative estimate of drug-likeness (QED) is 0.891. The van der Waals surface area contributed by atoms with Crippen molar-refractivity contribution < 1.29 is 14.6 Å². The Hall–Kier alpha value is -0.940. The van der Waals surface area contributed by atoms with Crippen molar-refractivity contribution in [3.8, 4) is 0 Å². The largest absolute Gasteiger partial charge is 0.396 e. The molecule has 1 aromatic carbocycles. The van der Waals surface area contributed by atoms with Crippen LogP contribution in [0, 0.1) is 5.92 Å². The summed E-state index contributed by atoms with van der Waals surface area (Å²) in [5, 5.41) is 9.61. The Labute approximate surface area is 113 Å². The highest BCUT2D eigenvalue weighted by molar-refractivity contribution is 5.14. The molecule has 19 heavy (non-hydrogen) atoms. The Morgan fingerprint density at radius 1 is 1.21 bits per heavy atom. The summed E-state index contributed by atoms with van der Waals surface area (Å²) in [7, 11) is 0. The first-order valence-electron chi connectivity index (χ1n) is 6.97. The van der Waals surface area contributed by atoms with Crippen LogP contribution < -0.4 is 0 Å². The van der Waals surface area contributed by atoms with E-state index in [1.165, 1.54) is 5.56 Å². The van der Waals surface area contributed by atoms with Crippen molar-refractivity contribution in [3.63, 3.8) is 0 Å². The summed E-state index contributed by atoms with van der Waals surface area (Å²) in [6, 6.07) is 10.4. The average molecular weight is 263 g/mol. The lowest BCUT2D eigenvalue weighted by Crippen LogP contribution is -2.53. The number of likely N-dealkylation sites (tertiary alicyclic amines) is 1. The Morgan fingerprint density at radius 3 is 2.63 bits per heavy atom. The molecule has 2 saturated heterocycles. The zero-order chi connectivity index (χ0) is 13.1. The molecule has 1 atom stereocenters. The summed E-state index contributed by atoms with van der Waals surface area (Å²) in [4.78, 5) is 2.37. The van der Waals surface area contributed by atoms with E-state index in [4.69, 9.17) is 9.47 Å². The molecule has 1 aromatic rings. The number of aliphatic hydroxyl groups is 1. The highest BCUT2D eigenvalue weighted by atomic mass is 16.7. The van der Waals surface area contributed by atoms with Crippen molar-refractivity contribution >= 4 is 0 Å². The fourth-order valence-electron chi connectivity index (χ4n) is 3.09. The lowest BCUT2D eigenvalue weighted by atomic mass is 9.91. The van der Waals surface area contributed by atoms with Crippen LogP contribution in [-0.4, -0.2) is 48.7 Å². The summed E-state index contributed by atoms with van der Waals surface area (Å²) in [6.45, 7) is 4.11. The molecular formula is C15H21NO3. The molecule has 104 valence electrons. The van der Waals surface area contributed by atoms with Gasteiger partial charge in [0.05, 0.1) is 19.8 Å². The second-order valence-electron chi connectivity index (χ2n) is 5.36. The minimum absolute atomic E-state index is 0.0486. The first-order valence-corrected chi connectivity index (χ1v) is 6.97. The van der Waals surface area contributed by atoms with Gasteiger partial charge in [-0.2, -0.15) is 0 Å². The molecule has 1 spiro atoms. The highest BCUT2D eigenvalue weighted by Crippen LogP contribution is 2.36. The predicted molar refractivity (Wildman–Crippen MR) is 71.5 cm³/mol. The van der Waals surface area contributed by atoms with Crippen molar-refractivity contribution in [2.75, 3.05) is 32.9 Å². The average Bonchev–Trinajstić information content (AvgIpc) is 2.92. The number of rotatable bonds is 3. The molecule has 0 amide bonds. The van der Waals surface area contributed by atoms with Gasteiger partial charge in [0, 0.05) is 32.0 Å². The smallest absolute Gasteiger partial charge is 0.175 e. The molecule has 2 aliphatic rings. The van der Waals surface area contributed by atoms with Gasteiger partial charge in [0.15, 0.2) is 5.79 Å². The Kier molecular flexibility index (Phi) is 3.84. The van der Waals surface area contributed by atoms with Crippen molar-refractivity contribution in [3.05, 3.63) is 35.9 Å². The van der Waals surface area contributed by atoms with E-state index in [1.54, 1.807) is 0 Å². The zero-order valence-corrected chi connectivity index (χ0v) is 11.1. The Balaban J connectivity index is 1.65. The van der Waals surface area contributed by atoms with Gasteiger partial charge in [0.25, 0.3) is 0 Å². The molecule has 0 aliphatic carbocycles. The summed E-state index contributed by atoms with van der Waals surface area (Å²) < 4.78 is 11.5. The third kappa shape index (κ3) is 2.67. The van der Waals surface area contributed by atoms with Crippen LogP contribution in [0.2, 0.25) is 0 Å². The number of benzene rings is 1. The maximum Gasteiger partial charge on any atom is 0.175 e. The van der Waals surface area contributed by atoms with E-state index >= 15 is 0 Å². The van der Waals surface area contributed by atoms with Gasteiger partial charge < -0.3 is 14.6 Å². The maximum atomic E-state index is 9.61. The second-order valence-corrected chi connectivity index (χ2v) is 5.36. The molecule has 2 heterocycles. The van der Waals surface area contributed by atoms with Crippen molar-refractivity contribution in [2.45, 2.75) is 18.8 Å². The number of aliphatic hydroxyl groups excluding tert-OH is 1. The lowest BCUT2D eigenvalue weighted by Gasteiger charge is -2.43. The summed E-state index contributed by atoms with van der Waals surface area (Å²) in [5.74, 6) is -0.477. The first-order chi connectivity index (χ1) is 9.32. The van der Waals surface area contributed by atoms with Crippen molar-refractivity contribution in [2.24, 2.45) is 5.92 Å². The molecule has 2 aliphatic heterocycles. The molecular weight excluding hydrogens is 242 g/mol. The third-order valence-corrected chi connectivity index (χ3v) is 4.12. The van der Waals surface area contributed by atoms with Gasteiger partial charge in [0.1, 0.15) is 0 Å². The van der Waals surface area contributed by atoms with Crippen LogP contribution in [-0.2, 0) is 16.0 Å². The van der Waals surface area contributed by atoms with Crippen LogP contribution in [0.15, 0.2) is 30.3 Å². The maximum absolute atomic E-state index is 9.61. The topological polar surface area (TPSA) is 41.9 Å². The Morgan fingerprint density at radius 2 is 1.95 bits per heavy atom. The fourth-order valence-corrected chi connectivity index (χ4v) is 3.09. The monoisotopic (exact) mass is 263 g/mol. The molecule has 1 unspecified atom stereocenters. The van der Waals surface area contributed by atoms with Crippen LogP contribution in [0.25, 0.3) is 0 Å². The van der Waals surface area contributed by atoms with Crippen molar-refractivity contribution in [1.29, 1.82) is 0 Å². The standard InChI is InChI=1S/C15H21NO3/c17-12-14-11-16(10-13-4-2-1-3-5-13)7-6-15(14)18-8-9-19-15/h1-5,14,17H,6-12H2. The minimum atomic E-state index is -0.526. The van der Waals surface area contributed by atoms with E-state index in [0.29, 0.717) is 13.2 Å². The minimum Gasteiger partial charge on any atom is -0.396 e. The number of piperidine rings is 1. The van der Waals surface area contributed by atoms with Gasteiger partial charge in [-0.15, -0.1) is 0 Å². The van der Waals surface area contributed by atoms with Gasteiger partial charge in [-0.25, -0.2) is 0 Å². The third-order valence-electron chi connectivity index (χ3n) is 4.12. The lowest BCUT2D eigenvalue weighted by molar-refractivity contribution is -0.228. The van der Waals surface area contributed by atoms with Crippen LogP contribution in [0.5, 0.6) is 0 Å². The van der Waals surface area contributed by atoms with E-state index < -0.39 is 5.79 Å². The van der Waals surface area contributed by atoms with Crippen molar-refractivity contribution in [1.82, 2.24) is 4.90 Å². The van der Waals surface area contributed by atoms with Gasteiger partial charge in [-0.3, -0.25) is 4.90 Å². The van der Waals surface area contributed by atoms with Gasteiger partial charge in [0.2, 0.25) is 0 Å². The second kappa shape index (κ2) is 5.59. The molecule has 2 fully saturated rings. The fraction of sp³-hybridized carbons (Fsp3) is 0.600. The normalized spacial score (nSPS) is 26.9. The molecule has 0 aromatic heterocycles. The molecule has 1 N–H and O–H groups in total. The van der Waals surface area contributed by atoms with Crippen LogP contribution in [0.4, 0.5) is 0 Å². The number of hydrogen-bond acceptors (Lipinski definition) is 4. The van der Waals surface area contributed by atoms with Gasteiger partial charge in [-0.1, -0.05) is 30.3 Å². The molecule has 3 rings (SSSR count). The van der Waals surface area contributed by atoms with E-state index in [9.17, 15) is 5.11 Å². The van der Waals surface area contributed by atoms with Crippen LogP contribution in [0.3, 0.4) is 0 Å². The summed E-state index contributed by atoms with van der Waals surface area (Å²) in [6.07, 6.45) is 0.838. The Bertz CT molecular complexity index is 403. The summed E-state index contributed by atoms with van der Waals surface area (Å²) >= 11 is 0.